The number of anilines is 1. The summed E-state index contributed by atoms with van der Waals surface area (Å²) in [5.41, 5.74) is 1.40. The van der Waals surface area contributed by atoms with Gasteiger partial charge in [0.15, 0.2) is 16.8 Å². The summed E-state index contributed by atoms with van der Waals surface area (Å²) in [6, 6.07) is 9.18. The van der Waals surface area contributed by atoms with Gasteiger partial charge in [-0.05, 0) is 42.0 Å². The van der Waals surface area contributed by atoms with Crippen LogP contribution in [-0.4, -0.2) is 17.5 Å². The maximum absolute atomic E-state index is 13.3. The largest absolute Gasteiger partial charge is 0.435 e. The molecule has 9 heteroatoms. The quantitative estimate of drug-likeness (QED) is 0.442. The summed E-state index contributed by atoms with van der Waals surface area (Å²) in [4.78, 5) is 16.1. The van der Waals surface area contributed by atoms with Crippen LogP contribution in [0.5, 0.6) is 5.75 Å². The maximum atomic E-state index is 13.3. The number of aromatic nitrogens is 1. The maximum Gasteiger partial charge on any atom is 0.387 e. The molecule has 0 aliphatic rings. The van der Waals surface area contributed by atoms with Crippen molar-refractivity contribution in [1.29, 1.82) is 0 Å². The molecule has 4 nitrogen and oxygen atoms in total. The zero-order valence-corrected chi connectivity index (χ0v) is 14.9. The lowest BCUT2D eigenvalue weighted by atomic mass is 10.2. The van der Waals surface area contributed by atoms with Crippen molar-refractivity contribution in [2.75, 3.05) is 5.32 Å². The number of nitrogens with one attached hydrogen (secondary N) is 1. The first-order valence-electron chi connectivity index (χ1n) is 7.85. The molecule has 1 N–H and O–H groups in total. The van der Waals surface area contributed by atoms with Crippen LogP contribution in [0, 0.1) is 11.6 Å². The average Bonchev–Trinajstić information content (AvgIpc) is 3.11. The normalized spacial score (nSPS) is 11.2. The molecule has 0 saturated heterocycles. The van der Waals surface area contributed by atoms with E-state index in [-0.39, 0.29) is 10.9 Å². The van der Waals surface area contributed by atoms with Crippen molar-refractivity contribution in [3.63, 3.8) is 0 Å². The minimum atomic E-state index is -2.90. The van der Waals surface area contributed by atoms with Crippen LogP contribution in [0.1, 0.15) is 5.56 Å². The van der Waals surface area contributed by atoms with E-state index < -0.39 is 24.2 Å². The predicted molar refractivity (Wildman–Crippen MR) is 98.2 cm³/mol. The highest BCUT2D eigenvalue weighted by atomic mass is 32.1. The Balaban J connectivity index is 1.61. The van der Waals surface area contributed by atoms with Crippen molar-refractivity contribution in [3.05, 3.63) is 71.1 Å². The Morgan fingerprint density at radius 2 is 1.86 bits per heavy atom. The van der Waals surface area contributed by atoms with Crippen molar-refractivity contribution in [2.45, 2.75) is 6.61 Å². The molecule has 1 aromatic heterocycles. The molecule has 0 atom stereocenters. The Morgan fingerprint density at radius 1 is 1.11 bits per heavy atom. The molecule has 0 unspecified atom stereocenters. The van der Waals surface area contributed by atoms with E-state index in [1.54, 1.807) is 5.38 Å². The summed E-state index contributed by atoms with van der Waals surface area (Å²) in [6.07, 6.45) is 2.74. The zero-order chi connectivity index (χ0) is 20.1. The summed E-state index contributed by atoms with van der Waals surface area (Å²) in [7, 11) is 0. The number of ether oxygens (including phenoxy) is 1. The van der Waals surface area contributed by atoms with Crippen molar-refractivity contribution in [2.24, 2.45) is 0 Å². The molecule has 1 heterocycles. The summed E-state index contributed by atoms with van der Waals surface area (Å²) in [5, 5.41) is 4.45. The van der Waals surface area contributed by atoms with Gasteiger partial charge in [0.05, 0.1) is 5.69 Å². The number of carbonyl (C=O) groups is 1. The average molecular weight is 408 g/mol. The Labute approximate surface area is 161 Å². The minimum Gasteiger partial charge on any atom is -0.435 e. The fourth-order valence-corrected chi connectivity index (χ4v) is 2.92. The molecule has 0 saturated carbocycles. The van der Waals surface area contributed by atoms with E-state index in [0.717, 1.165) is 23.5 Å². The molecule has 0 aliphatic heterocycles. The predicted octanol–water partition coefficient (Wildman–Crippen LogP) is 5.34. The van der Waals surface area contributed by atoms with E-state index in [1.165, 1.54) is 42.5 Å². The molecule has 144 valence electrons. The summed E-state index contributed by atoms with van der Waals surface area (Å²) in [6.45, 7) is -2.90. The highest BCUT2D eigenvalue weighted by Gasteiger charge is 2.09. The highest BCUT2D eigenvalue weighted by Crippen LogP contribution is 2.26. The zero-order valence-electron chi connectivity index (χ0n) is 14.0. The van der Waals surface area contributed by atoms with Crippen LogP contribution >= 0.6 is 11.3 Å². The van der Waals surface area contributed by atoms with Crippen LogP contribution < -0.4 is 10.1 Å². The molecule has 0 bridgehead atoms. The van der Waals surface area contributed by atoms with Crippen LogP contribution in [-0.2, 0) is 4.79 Å². The first-order chi connectivity index (χ1) is 13.4. The fourth-order valence-electron chi connectivity index (χ4n) is 2.20. The van der Waals surface area contributed by atoms with Crippen molar-refractivity contribution in [3.8, 4) is 17.0 Å². The van der Waals surface area contributed by atoms with E-state index in [2.05, 4.69) is 15.0 Å². The van der Waals surface area contributed by atoms with Crippen molar-refractivity contribution in [1.82, 2.24) is 4.98 Å². The number of amides is 1. The summed E-state index contributed by atoms with van der Waals surface area (Å²) >= 11 is 1.13. The van der Waals surface area contributed by atoms with E-state index in [9.17, 15) is 22.4 Å². The molecule has 1 amide bonds. The SMILES string of the molecule is O=C(C=Cc1ccc(OC(F)F)cc1)Nc1nc(-c2ccc(F)c(F)c2)cs1. The number of rotatable bonds is 6. The van der Waals surface area contributed by atoms with Gasteiger partial charge >= 0.3 is 6.61 Å². The van der Waals surface area contributed by atoms with E-state index in [0.29, 0.717) is 16.8 Å². The van der Waals surface area contributed by atoms with E-state index in [4.69, 9.17) is 0 Å². The lowest BCUT2D eigenvalue weighted by molar-refractivity contribution is -0.111. The lowest BCUT2D eigenvalue weighted by Crippen LogP contribution is -2.07. The number of carbonyl (C=O) groups excluding carboxylic acids is 1. The molecule has 3 aromatic rings. The second kappa shape index (κ2) is 8.66. The van der Waals surface area contributed by atoms with Gasteiger partial charge in [-0.15, -0.1) is 11.3 Å². The van der Waals surface area contributed by atoms with Crippen molar-refractivity contribution >= 4 is 28.5 Å². The third-order valence-corrected chi connectivity index (χ3v) is 4.24. The number of benzene rings is 2. The number of hydrogen-bond donors (Lipinski definition) is 1. The van der Waals surface area contributed by atoms with Crippen molar-refractivity contribution < 1.29 is 27.1 Å². The lowest BCUT2D eigenvalue weighted by Gasteiger charge is -2.03. The standard InChI is InChI=1S/C19H12F4N2O2S/c20-14-7-4-12(9-15(14)21)16-10-28-19(24-16)25-17(26)8-3-11-1-5-13(6-2-11)27-18(22)23/h1-10,18H,(H,24,25,26). The molecular formula is C19H12F4N2O2S. The van der Waals surface area contributed by atoms with Gasteiger partial charge in [0, 0.05) is 17.0 Å². The van der Waals surface area contributed by atoms with Gasteiger partial charge in [-0.3, -0.25) is 10.1 Å². The second-order valence-electron chi connectivity index (χ2n) is 5.44. The van der Waals surface area contributed by atoms with Crippen LogP contribution in [0.3, 0.4) is 0 Å². The van der Waals surface area contributed by atoms with Gasteiger partial charge in [0.1, 0.15) is 5.75 Å². The van der Waals surface area contributed by atoms with Gasteiger partial charge in [0.25, 0.3) is 0 Å². The summed E-state index contributed by atoms with van der Waals surface area (Å²) in [5.74, 6) is -2.38. The van der Waals surface area contributed by atoms with E-state index >= 15 is 0 Å². The Kier molecular flexibility index (Phi) is 6.05. The molecule has 0 radical (unpaired) electrons. The Bertz CT molecular complexity index is 1000. The van der Waals surface area contributed by atoms with Gasteiger partial charge in [-0.25, -0.2) is 13.8 Å². The van der Waals surface area contributed by atoms with Gasteiger partial charge < -0.3 is 4.74 Å². The first kappa shape index (κ1) is 19.6. The number of nitrogens with zero attached hydrogens (tertiary/aromatic N) is 1. The Hall–Kier alpha value is -3.20. The molecule has 2 aromatic carbocycles. The fraction of sp³-hybridized carbons (Fsp3) is 0.0526. The Morgan fingerprint density at radius 3 is 2.54 bits per heavy atom. The summed E-state index contributed by atoms with van der Waals surface area (Å²) < 4.78 is 54.7. The minimum absolute atomic E-state index is 0.0177. The third-order valence-electron chi connectivity index (χ3n) is 3.48. The highest BCUT2D eigenvalue weighted by molar-refractivity contribution is 7.14. The monoisotopic (exact) mass is 408 g/mol. The van der Waals surface area contributed by atoms with Gasteiger partial charge in [-0.1, -0.05) is 12.1 Å². The molecule has 0 fully saturated rings. The van der Waals surface area contributed by atoms with Crippen LogP contribution in [0.25, 0.3) is 17.3 Å². The smallest absolute Gasteiger partial charge is 0.387 e. The molecule has 3 rings (SSSR count). The van der Waals surface area contributed by atoms with Gasteiger partial charge in [0.2, 0.25) is 5.91 Å². The second-order valence-corrected chi connectivity index (χ2v) is 6.30. The number of halogens is 4. The molecular weight excluding hydrogens is 396 g/mol. The van der Waals surface area contributed by atoms with Gasteiger partial charge in [-0.2, -0.15) is 8.78 Å². The first-order valence-corrected chi connectivity index (χ1v) is 8.73. The molecule has 28 heavy (non-hydrogen) atoms. The number of alkyl halides is 2. The topological polar surface area (TPSA) is 51.2 Å². The molecule has 0 spiro atoms. The number of thiazole rings is 1. The van der Waals surface area contributed by atoms with Crippen LogP contribution in [0.4, 0.5) is 22.7 Å². The molecule has 0 aliphatic carbocycles. The third kappa shape index (κ3) is 5.17. The van der Waals surface area contributed by atoms with E-state index in [1.807, 2.05) is 0 Å². The van der Waals surface area contributed by atoms with Crippen LogP contribution in [0.2, 0.25) is 0 Å². The number of hydrogen-bond acceptors (Lipinski definition) is 4. The van der Waals surface area contributed by atoms with Crippen LogP contribution in [0.15, 0.2) is 53.9 Å².